The number of piperazine rings is 2. The van der Waals surface area contributed by atoms with Crippen LogP contribution in [0.2, 0.25) is 0 Å². The van der Waals surface area contributed by atoms with Gasteiger partial charge in [-0.15, -0.1) is 0 Å². The van der Waals surface area contributed by atoms with E-state index in [9.17, 15) is 13.2 Å². The van der Waals surface area contributed by atoms with Gasteiger partial charge in [-0.25, -0.2) is 23.2 Å². The SMILES string of the molecule is Cc1nccc(N2CCN(C(=O)N3CCN(S(=O)(=O)c4ccc(Br)cc4)CC3)CC2)n1. The number of sulfonamides is 1. The predicted molar refractivity (Wildman–Crippen MR) is 120 cm³/mol. The first-order valence-corrected chi connectivity index (χ1v) is 12.4. The fourth-order valence-corrected chi connectivity index (χ4v) is 5.51. The van der Waals surface area contributed by atoms with Crippen LogP contribution in [0.4, 0.5) is 10.6 Å². The van der Waals surface area contributed by atoms with Gasteiger partial charge in [0.1, 0.15) is 11.6 Å². The number of urea groups is 1. The monoisotopic (exact) mass is 508 g/mol. The molecule has 2 fully saturated rings. The van der Waals surface area contributed by atoms with Crippen molar-refractivity contribution in [3.05, 3.63) is 46.8 Å². The molecule has 2 saturated heterocycles. The Bertz CT molecular complexity index is 1030. The number of aromatic nitrogens is 2. The Kier molecular flexibility index (Phi) is 6.44. The van der Waals surface area contributed by atoms with E-state index in [-0.39, 0.29) is 10.9 Å². The number of halogens is 1. The van der Waals surface area contributed by atoms with Gasteiger partial charge in [-0.3, -0.25) is 0 Å². The van der Waals surface area contributed by atoms with E-state index in [2.05, 4.69) is 30.8 Å². The van der Waals surface area contributed by atoms with Gasteiger partial charge < -0.3 is 14.7 Å². The van der Waals surface area contributed by atoms with Crippen molar-refractivity contribution < 1.29 is 13.2 Å². The van der Waals surface area contributed by atoms with Gasteiger partial charge in [-0.05, 0) is 37.3 Å². The predicted octanol–water partition coefficient (Wildman–Crippen LogP) is 1.80. The largest absolute Gasteiger partial charge is 0.353 e. The third kappa shape index (κ3) is 4.83. The molecule has 166 valence electrons. The molecule has 0 radical (unpaired) electrons. The highest BCUT2D eigenvalue weighted by Crippen LogP contribution is 2.21. The van der Waals surface area contributed by atoms with E-state index in [0.717, 1.165) is 16.1 Å². The van der Waals surface area contributed by atoms with Gasteiger partial charge in [0.05, 0.1) is 4.90 Å². The van der Waals surface area contributed by atoms with E-state index in [1.807, 2.05) is 17.9 Å². The number of aryl methyl sites for hydroxylation is 1. The highest BCUT2D eigenvalue weighted by molar-refractivity contribution is 9.10. The van der Waals surface area contributed by atoms with Gasteiger partial charge in [0.25, 0.3) is 0 Å². The number of carbonyl (C=O) groups is 1. The molecule has 0 N–H and O–H groups in total. The summed E-state index contributed by atoms with van der Waals surface area (Å²) in [5.74, 6) is 1.61. The lowest BCUT2D eigenvalue weighted by Gasteiger charge is -2.40. The van der Waals surface area contributed by atoms with Gasteiger partial charge in [-0.1, -0.05) is 15.9 Å². The minimum absolute atomic E-state index is 0.0285. The summed E-state index contributed by atoms with van der Waals surface area (Å²) in [5, 5.41) is 0. The molecule has 0 aliphatic carbocycles. The molecule has 1 aromatic heterocycles. The van der Waals surface area contributed by atoms with Crippen LogP contribution in [-0.4, -0.2) is 90.9 Å². The van der Waals surface area contributed by atoms with E-state index < -0.39 is 10.0 Å². The van der Waals surface area contributed by atoms with Crippen molar-refractivity contribution in [1.82, 2.24) is 24.1 Å². The highest BCUT2D eigenvalue weighted by atomic mass is 79.9. The second-order valence-corrected chi connectivity index (χ2v) is 10.4. The third-order valence-corrected chi connectivity index (χ3v) is 8.04. The molecule has 0 unspecified atom stereocenters. The summed E-state index contributed by atoms with van der Waals surface area (Å²) in [7, 11) is -3.55. The quantitative estimate of drug-likeness (QED) is 0.627. The maximum atomic E-state index is 12.9. The first-order chi connectivity index (χ1) is 14.8. The Morgan fingerprint density at radius 2 is 1.48 bits per heavy atom. The zero-order valence-electron chi connectivity index (χ0n) is 17.3. The number of nitrogens with zero attached hydrogens (tertiary/aromatic N) is 6. The molecule has 9 nitrogen and oxygen atoms in total. The average Bonchev–Trinajstić information content (AvgIpc) is 2.79. The van der Waals surface area contributed by atoms with Crippen molar-refractivity contribution in [2.24, 2.45) is 0 Å². The summed E-state index contributed by atoms with van der Waals surface area (Å²) in [6.45, 7) is 5.87. The Hall–Kier alpha value is -2.24. The third-order valence-electron chi connectivity index (χ3n) is 5.60. The van der Waals surface area contributed by atoms with Crippen LogP contribution in [0.1, 0.15) is 5.82 Å². The van der Waals surface area contributed by atoms with Crippen molar-refractivity contribution in [1.29, 1.82) is 0 Å². The Morgan fingerprint density at radius 3 is 2.06 bits per heavy atom. The second-order valence-electron chi connectivity index (χ2n) is 7.56. The normalized spacial score (nSPS) is 18.3. The van der Waals surface area contributed by atoms with E-state index in [0.29, 0.717) is 52.4 Å². The minimum Gasteiger partial charge on any atom is -0.353 e. The zero-order valence-corrected chi connectivity index (χ0v) is 19.7. The maximum Gasteiger partial charge on any atom is 0.320 e. The van der Waals surface area contributed by atoms with Crippen LogP contribution in [-0.2, 0) is 10.0 Å². The van der Waals surface area contributed by atoms with Gasteiger partial charge in [0.15, 0.2) is 0 Å². The van der Waals surface area contributed by atoms with Gasteiger partial charge in [0, 0.05) is 63.0 Å². The maximum absolute atomic E-state index is 12.9. The number of hydrogen-bond acceptors (Lipinski definition) is 6. The number of amides is 2. The molecule has 0 atom stereocenters. The Morgan fingerprint density at radius 1 is 0.903 bits per heavy atom. The molecule has 1 aromatic carbocycles. The molecule has 0 saturated carbocycles. The van der Waals surface area contributed by atoms with Crippen molar-refractivity contribution in [2.45, 2.75) is 11.8 Å². The topological polar surface area (TPSA) is 90.0 Å². The first kappa shape index (κ1) is 22.0. The minimum atomic E-state index is -3.55. The molecule has 11 heteroatoms. The van der Waals surface area contributed by atoms with Crippen LogP contribution in [0, 0.1) is 6.92 Å². The standard InChI is InChI=1S/C20H25BrN6O3S/c1-16-22-7-6-19(23-16)24-8-10-25(11-9-24)20(28)26-12-14-27(15-13-26)31(29,30)18-4-2-17(21)3-5-18/h2-7H,8-15H2,1H3. The summed E-state index contributed by atoms with van der Waals surface area (Å²) < 4.78 is 28.0. The highest BCUT2D eigenvalue weighted by Gasteiger charge is 2.32. The molecule has 0 spiro atoms. The summed E-state index contributed by atoms with van der Waals surface area (Å²) in [5.41, 5.74) is 0. The van der Waals surface area contributed by atoms with Crippen LogP contribution in [0.25, 0.3) is 0 Å². The number of anilines is 1. The molecule has 2 aliphatic rings. The van der Waals surface area contributed by atoms with E-state index in [1.165, 1.54) is 4.31 Å². The lowest BCUT2D eigenvalue weighted by molar-refractivity contribution is 0.132. The van der Waals surface area contributed by atoms with Crippen molar-refractivity contribution >= 4 is 37.8 Å². The molecular weight excluding hydrogens is 484 g/mol. The molecule has 0 bridgehead atoms. The molecule has 2 aliphatic heterocycles. The lowest BCUT2D eigenvalue weighted by Crippen LogP contribution is -2.57. The molecule has 2 amide bonds. The summed E-state index contributed by atoms with van der Waals surface area (Å²) in [6.07, 6.45) is 1.75. The molecule has 2 aromatic rings. The van der Waals surface area contributed by atoms with Crippen molar-refractivity contribution in [2.75, 3.05) is 57.3 Å². The van der Waals surface area contributed by atoms with Gasteiger partial charge >= 0.3 is 6.03 Å². The lowest BCUT2D eigenvalue weighted by atomic mass is 10.3. The van der Waals surface area contributed by atoms with Crippen LogP contribution >= 0.6 is 15.9 Å². The summed E-state index contributed by atoms with van der Waals surface area (Å²) >= 11 is 3.32. The second kappa shape index (κ2) is 9.09. The van der Waals surface area contributed by atoms with E-state index in [1.54, 1.807) is 35.4 Å². The average molecular weight is 509 g/mol. The Labute approximate surface area is 190 Å². The van der Waals surface area contributed by atoms with Crippen molar-refractivity contribution in [3.63, 3.8) is 0 Å². The van der Waals surface area contributed by atoms with Gasteiger partial charge in [-0.2, -0.15) is 4.31 Å². The Balaban J connectivity index is 1.31. The molecule has 31 heavy (non-hydrogen) atoms. The van der Waals surface area contributed by atoms with Crippen LogP contribution in [0.3, 0.4) is 0 Å². The number of rotatable bonds is 3. The van der Waals surface area contributed by atoms with E-state index >= 15 is 0 Å². The van der Waals surface area contributed by atoms with Crippen LogP contribution in [0.15, 0.2) is 45.9 Å². The summed E-state index contributed by atoms with van der Waals surface area (Å²) in [6, 6.07) is 8.48. The molecule has 3 heterocycles. The van der Waals surface area contributed by atoms with Crippen LogP contribution < -0.4 is 4.90 Å². The van der Waals surface area contributed by atoms with Gasteiger partial charge in [0.2, 0.25) is 10.0 Å². The number of carbonyl (C=O) groups excluding carboxylic acids is 1. The van der Waals surface area contributed by atoms with Crippen LogP contribution in [0.5, 0.6) is 0 Å². The number of hydrogen-bond donors (Lipinski definition) is 0. The van der Waals surface area contributed by atoms with Crippen molar-refractivity contribution in [3.8, 4) is 0 Å². The zero-order chi connectivity index (χ0) is 22.0. The molecule has 4 rings (SSSR count). The van der Waals surface area contributed by atoms with E-state index in [4.69, 9.17) is 0 Å². The first-order valence-electron chi connectivity index (χ1n) is 10.2. The molecular formula is C20H25BrN6O3S. The fourth-order valence-electron chi connectivity index (χ4n) is 3.82. The number of benzene rings is 1. The summed E-state index contributed by atoms with van der Waals surface area (Å²) in [4.78, 5) is 27.5. The fraction of sp³-hybridized carbons (Fsp3) is 0.450. The smallest absolute Gasteiger partial charge is 0.320 e.